The second-order valence-electron chi connectivity index (χ2n) is 2.32. The third-order valence-electron chi connectivity index (χ3n) is 1.42. The smallest absolute Gasteiger partial charge is 0.0192 e. The van der Waals surface area contributed by atoms with Gasteiger partial charge in [0.2, 0.25) is 0 Å². The van der Waals surface area contributed by atoms with E-state index in [4.69, 9.17) is 12.2 Å². The van der Waals surface area contributed by atoms with Crippen LogP contribution in [-0.2, 0) is 0 Å². The predicted molar refractivity (Wildman–Crippen MR) is 49.3 cm³/mol. The van der Waals surface area contributed by atoms with Gasteiger partial charge in [0.1, 0.15) is 0 Å². The Morgan fingerprint density at radius 2 is 2.50 bits per heavy atom. The highest BCUT2D eigenvalue weighted by Gasteiger charge is 2.00. The van der Waals surface area contributed by atoms with Crippen molar-refractivity contribution in [2.24, 2.45) is 0 Å². The second-order valence-corrected chi connectivity index (χ2v) is 2.84. The van der Waals surface area contributed by atoms with Gasteiger partial charge in [0.25, 0.3) is 0 Å². The summed E-state index contributed by atoms with van der Waals surface area (Å²) in [5.41, 5.74) is 1.36. The molecule has 1 heteroatoms. The molecule has 0 heterocycles. The highest BCUT2D eigenvalue weighted by Crippen LogP contribution is 2.13. The third kappa shape index (κ3) is 1.92. The van der Waals surface area contributed by atoms with E-state index in [2.05, 4.69) is 12.7 Å². The molecule has 0 aliphatic heterocycles. The molecular weight excluding hydrogens is 140 g/mol. The SMILES string of the molecule is C=CCC1=CC=CC(=S)C1. The van der Waals surface area contributed by atoms with E-state index < -0.39 is 0 Å². The van der Waals surface area contributed by atoms with Crippen molar-refractivity contribution < 1.29 is 0 Å². The molecule has 0 atom stereocenters. The summed E-state index contributed by atoms with van der Waals surface area (Å²) in [6.45, 7) is 3.67. The molecule has 0 spiro atoms. The van der Waals surface area contributed by atoms with Gasteiger partial charge >= 0.3 is 0 Å². The van der Waals surface area contributed by atoms with E-state index in [0.29, 0.717) is 0 Å². The highest BCUT2D eigenvalue weighted by atomic mass is 32.1. The van der Waals surface area contributed by atoms with Gasteiger partial charge in [0, 0.05) is 11.3 Å². The van der Waals surface area contributed by atoms with Crippen molar-refractivity contribution in [1.29, 1.82) is 0 Å². The Kier molecular flexibility index (Phi) is 2.57. The molecule has 0 fully saturated rings. The van der Waals surface area contributed by atoms with Crippen LogP contribution in [0, 0.1) is 0 Å². The van der Waals surface area contributed by atoms with E-state index in [0.717, 1.165) is 17.7 Å². The van der Waals surface area contributed by atoms with Gasteiger partial charge in [-0.05, 0) is 12.5 Å². The van der Waals surface area contributed by atoms with Crippen LogP contribution in [0.25, 0.3) is 0 Å². The Balaban J connectivity index is 2.61. The molecule has 0 nitrogen and oxygen atoms in total. The van der Waals surface area contributed by atoms with Crippen molar-refractivity contribution in [3.05, 3.63) is 36.5 Å². The fourth-order valence-corrected chi connectivity index (χ4v) is 1.22. The zero-order valence-electron chi connectivity index (χ0n) is 5.84. The molecule has 0 amide bonds. The number of rotatable bonds is 2. The standard InChI is InChI=1S/C9H10S/c1-2-4-8-5-3-6-9(10)7-8/h2-3,5-6H,1,4,7H2. The molecule has 0 saturated carbocycles. The molecule has 0 N–H and O–H groups in total. The first kappa shape index (κ1) is 7.42. The van der Waals surface area contributed by atoms with Gasteiger partial charge in [0.05, 0.1) is 0 Å². The molecule has 0 aromatic carbocycles. The van der Waals surface area contributed by atoms with E-state index in [1.54, 1.807) is 0 Å². The molecule has 1 rings (SSSR count). The van der Waals surface area contributed by atoms with E-state index in [1.807, 2.05) is 18.2 Å². The van der Waals surface area contributed by atoms with E-state index in [9.17, 15) is 0 Å². The quantitative estimate of drug-likeness (QED) is 0.431. The molecule has 0 radical (unpaired) electrons. The van der Waals surface area contributed by atoms with Crippen molar-refractivity contribution in [3.8, 4) is 0 Å². The van der Waals surface area contributed by atoms with E-state index in [-0.39, 0.29) is 0 Å². The molecule has 0 unspecified atom stereocenters. The number of hydrogen-bond donors (Lipinski definition) is 0. The fraction of sp³-hybridized carbons (Fsp3) is 0.222. The van der Waals surface area contributed by atoms with Gasteiger partial charge in [-0.1, -0.05) is 36.0 Å². The van der Waals surface area contributed by atoms with Crippen LogP contribution >= 0.6 is 12.2 Å². The average molecular weight is 150 g/mol. The van der Waals surface area contributed by atoms with Crippen molar-refractivity contribution >= 4 is 17.1 Å². The number of allylic oxidation sites excluding steroid dienone is 5. The maximum Gasteiger partial charge on any atom is 0.0192 e. The lowest BCUT2D eigenvalue weighted by atomic mass is 10.0. The van der Waals surface area contributed by atoms with Gasteiger partial charge in [0.15, 0.2) is 0 Å². The maximum atomic E-state index is 5.03. The van der Waals surface area contributed by atoms with E-state index >= 15 is 0 Å². The van der Waals surface area contributed by atoms with Crippen LogP contribution < -0.4 is 0 Å². The predicted octanol–water partition coefficient (Wildman–Crippen LogP) is 2.82. The van der Waals surface area contributed by atoms with Crippen molar-refractivity contribution in [2.45, 2.75) is 12.8 Å². The van der Waals surface area contributed by atoms with Crippen LogP contribution in [-0.4, -0.2) is 4.86 Å². The highest BCUT2D eigenvalue weighted by molar-refractivity contribution is 7.80. The zero-order valence-corrected chi connectivity index (χ0v) is 6.66. The summed E-state index contributed by atoms with van der Waals surface area (Å²) in [6.07, 6.45) is 9.90. The van der Waals surface area contributed by atoms with Gasteiger partial charge in [-0.3, -0.25) is 0 Å². The van der Waals surface area contributed by atoms with Crippen LogP contribution in [0.5, 0.6) is 0 Å². The maximum absolute atomic E-state index is 5.03. The molecule has 0 aromatic heterocycles. The normalized spacial score (nSPS) is 16.8. The van der Waals surface area contributed by atoms with Crippen LogP contribution in [0.15, 0.2) is 36.5 Å². The molecular formula is C9H10S. The topological polar surface area (TPSA) is 0 Å². The summed E-state index contributed by atoms with van der Waals surface area (Å²) in [6, 6.07) is 0. The lowest BCUT2D eigenvalue weighted by molar-refractivity contribution is 1.15. The summed E-state index contributed by atoms with van der Waals surface area (Å²) in [5, 5.41) is 0. The first-order valence-electron chi connectivity index (χ1n) is 3.33. The summed E-state index contributed by atoms with van der Waals surface area (Å²) in [7, 11) is 0. The van der Waals surface area contributed by atoms with Gasteiger partial charge in [-0.2, -0.15) is 0 Å². The Labute approximate surface area is 66.9 Å². The lowest BCUT2D eigenvalue weighted by Gasteiger charge is -2.05. The Hall–Kier alpha value is -0.690. The Bertz CT molecular complexity index is 209. The van der Waals surface area contributed by atoms with Crippen LogP contribution in [0.2, 0.25) is 0 Å². The van der Waals surface area contributed by atoms with Crippen molar-refractivity contribution in [2.75, 3.05) is 0 Å². The van der Waals surface area contributed by atoms with E-state index in [1.165, 1.54) is 5.57 Å². The minimum atomic E-state index is 0.942. The van der Waals surface area contributed by atoms with Crippen LogP contribution in [0.1, 0.15) is 12.8 Å². The monoisotopic (exact) mass is 150 g/mol. The van der Waals surface area contributed by atoms with Gasteiger partial charge in [-0.15, -0.1) is 6.58 Å². The molecule has 0 bridgehead atoms. The summed E-state index contributed by atoms with van der Waals surface area (Å²) in [5.74, 6) is 0. The molecule has 52 valence electrons. The first-order chi connectivity index (χ1) is 4.83. The average Bonchev–Trinajstić information content (AvgIpc) is 1.88. The second kappa shape index (κ2) is 3.47. The minimum absolute atomic E-state index is 0.942. The first-order valence-corrected chi connectivity index (χ1v) is 3.73. The summed E-state index contributed by atoms with van der Waals surface area (Å²) >= 11 is 5.03. The number of hydrogen-bond acceptors (Lipinski definition) is 1. The Morgan fingerprint density at radius 3 is 3.10 bits per heavy atom. The van der Waals surface area contributed by atoms with Crippen molar-refractivity contribution in [1.82, 2.24) is 0 Å². The molecule has 10 heavy (non-hydrogen) atoms. The minimum Gasteiger partial charge on any atom is -0.103 e. The zero-order chi connectivity index (χ0) is 7.40. The summed E-state index contributed by atoms with van der Waals surface area (Å²) in [4.78, 5) is 1.03. The molecule has 1 aliphatic rings. The third-order valence-corrected chi connectivity index (χ3v) is 1.70. The molecule has 0 aromatic rings. The molecule has 1 aliphatic carbocycles. The van der Waals surface area contributed by atoms with Crippen molar-refractivity contribution in [3.63, 3.8) is 0 Å². The summed E-state index contributed by atoms with van der Waals surface area (Å²) < 4.78 is 0. The lowest BCUT2D eigenvalue weighted by Crippen LogP contribution is -1.95. The Morgan fingerprint density at radius 1 is 1.70 bits per heavy atom. The largest absolute Gasteiger partial charge is 0.103 e. The van der Waals surface area contributed by atoms with Crippen LogP contribution in [0.4, 0.5) is 0 Å². The van der Waals surface area contributed by atoms with Crippen LogP contribution in [0.3, 0.4) is 0 Å². The van der Waals surface area contributed by atoms with Gasteiger partial charge < -0.3 is 0 Å². The molecule has 0 saturated heterocycles. The van der Waals surface area contributed by atoms with Gasteiger partial charge in [-0.25, -0.2) is 0 Å². The fourth-order valence-electron chi connectivity index (χ4n) is 0.959. The number of thiocarbonyl (C=S) groups is 1.